The van der Waals surface area contributed by atoms with Crippen LogP contribution in [0.5, 0.6) is 5.88 Å². The zero-order valence-corrected chi connectivity index (χ0v) is 24.8. The highest BCUT2D eigenvalue weighted by Crippen LogP contribution is 2.59. The lowest BCUT2D eigenvalue weighted by molar-refractivity contribution is -0.190. The lowest BCUT2D eigenvalue weighted by atomic mass is 9.93. The predicted molar refractivity (Wildman–Crippen MR) is 149 cm³/mol. The van der Waals surface area contributed by atoms with Crippen molar-refractivity contribution < 1.29 is 31.1 Å². The first-order chi connectivity index (χ1) is 20.3. The van der Waals surface area contributed by atoms with Crippen molar-refractivity contribution in [3.05, 3.63) is 42.2 Å². The average molecular weight is 622 g/mol. The minimum absolute atomic E-state index is 0.0841. The Morgan fingerprint density at radius 1 is 1.09 bits per heavy atom. The number of carbonyl (C=O) groups is 1. The number of sulfonamides is 1. The minimum atomic E-state index is -4.25. The molecule has 1 amide bonds. The van der Waals surface area contributed by atoms with Crippen LogP contribution >= 0.6 is 0 Å². The molecule has 1 atom stereocenters. The maximum atomic E-state index is 13.5. The Labute approximate surface area is 247 Å². The van der Waals surface area contributed by atoms with Gasteiger partial charge in [0.15, 0.2) is 10.8 Å². The summed E-state index contributed by atoms with van der Waals surface area (Å²) in [6.45, 7) is 5.23. The number of alkyl halides is 3. The van der Waals surface area contributed by atoms with Crippen LogP contribution in [0.3, 0.4) is 0 Å². The van der Waals surface area contributed by atoms with Gasteiger partial charge in [-0.15, -0.1) is 5.10 Å². The Hall–Kier alpha value is -3.62. The molecule has 0 aromatic carbocycles. The van der Waals surface area contributed by atoms with Gasteiger partial charge in [-0.1, -0.05) is 6.42 Å². The van der Waals surface area contributed by atoms with Gasteiger partial charge in [-0.25, -0.2) is 14.4 Å². The molecular formula is C28H34F3N7O4S. The molecule has 11 nitrogen and oxygen atoms in total. The summed E-state index contributed by atoms with van der Waals surface area (Å²) >= 11 is 0. The second kappa shape index (κ2) is 10.5. The quantitative estimate of drug-likeness (QED) is 0.442. The number of carbonyl (C=O) groups excluding carboxylic acids is 1. The van der Waals surface area contributed by atoms with E-state index in [0.717, 1.165) is 25.7 Å². The summed E-state index contributed by atoms with van der Waals surface area (Å²) in [6, 6.07) is 5.95. The summed E-state index contributed by atoms with van der Waals surface area (Å²) in [6.07, 6.45) is 2.61. The van der Waals surface area contributed by atoms with Crippen molar-refractivity contribution >= 4 is 21.7 Å². The Morgan fingerprint density at radius 2 is 1.88 bits per heavy atom. The molecule has 232 valence electrons. The Kier molecular flexibility index (Phi) is 7.21. The number of nitrogens with zero attached hydrogens (tertiary/aromatic N) is 6. The molecule has 2 aliphatic heterocycles. The monoisotopic (exact) mass is 621 g/mol. The van der Waals surface area contributed by atoms with E-state index in [-0.39, 0.29) is 47.9 Å². The van der Waals surface area contributed by atoms with Crippen LogP contribution in [0.15, 0.2) is 41.7 Å². The SMILES string of the molecule is CC1(C)CC2CCCCn3ccc(n3)S(=O)(=O)NC(=O)c3ccc(-n4ccc(OCCC5(C(F)(F)F)CC5)n4)nc3N1C2. The lowest BCUT2D eigenvalue weighted by Crippen LogP contribution is -2.41. The number of fused-ring (bicyclic) bond motifs is 6. The highest BCUT2D eigenvalue weighted by Gasteiger charge is 2.62. The number of rotatable bonds is 5. The van der Waals surface area contributed by atoms with Crippen LogP contribution in [0.2, 0.25) is 0 Å². The Bertz CT molecular complexity index is 1630. The van der Waals surface area contributed by atoms with Gasteiger partial charge in [0.25, 0.3) is 15.9 Å². The molecular weight excluding hydrogens is 587 g/mol. The van der Waals surface area contributed by atoms with Crippen molar-refractivity contribution in [1.82, 2.24) is 29.3 Å². The van der Waals surface area contributed by atoms with Crippen LogP contribution in [-0.2, 0) is 16.6 Å². The van der Waals surface area contributed by atoms with E-state index in [0.29, 0.717) is 30.6 Å². The van der Waals surface area contributed by atoms with E-state index in [9.17, 15) is 26.4 Å². The van der Waals surface area contributed by atoms with Gasteiger partial charge in [0.2, 0.25) is 5.88 Å². The van der Waals surface area contributed by atoms with E-state index in [1.54, 1.807) is 17.1 Å². The zero-order valence-electron chi connectivity index (χ0n) is 24.0. The molecule has 3 aromatic heterocycles. The number of ether oxygens (including phenoxy) is 1. The van der Waals surface area contributed by atoms with E-state index >= 15 is 0 Å². The lowest BCUT2D eigenvalue weighted by Gasteiger charge is -2.34. The van der Waals surface area contributed by atoms with Crippen molar-refractivity contribution in [2.75, 3.05) is 18.1 Å². The molecule has 3 aliphatic rings. The first-order valence-electron chi connectivity index (χ1n) is 14.4. The first-order valence-corrected chi connectivity index (χ1v) is 15.9. The molecule has 1 aliphatic carbocycles. The highest BCUT2D eigenvalue weighted by atomic mass is 32.2. The van der Waals surface area contributed by atoms with Crippen LogP contribution in [-0.4, -0.2) is 63.7 Å². The first kappa shape index (κ1) is 29.5. The number of hydrogen-bond acceptors (Lipinski definition) is 8. The maximum absolute atomic E-state index is 13.5. The predicted octanol–water partition coefficient (Wildman–Crippen LogP) is 4.48. The number of amides is 1. The van der Waals surface area contributed by atoms with Gasteiger partial charge in [-0.05, 0) is 76.5 Å². The van der Waals surface area contributed by atoms with E-state index in [2.05, 4.69) is 28.8 Å². The van der Waals surface area contributed by atoms with Crippen molar-refractivity contribution in [3.63, 3.8) is 0 Å². The molecule has 2 fully saturated rings. The molecule has 43 heavy (non-hydrogen) atoms. The third kappa shape index (κ3) is 5.83. The summed E-state index contributed by atoms with van der Waals surface area (Å²) in [4.78, 5) is 20.3. The normalized spacial score (nSPS) is 22.7. The van der Waals surface area contributed by atoms with Gasteiger partial charge in [-0.3, -0.25) is 9.48 Å². The third-order valence-corrected chi connectivity index (χ3v) is 10.00. The Balaban J connectivity index is 1.29. The van der Waals surface area contributed by atoms with Gasteiger partial charge >= 0.3 is 6.18 Å². The summed E-state index contributed by atoms with van der Waals surface area (Å²) in [5.41, 5.74) is -1.94. The third-order valence-electron chi connectivity index (χ3n) is 8.77. The molecule has 0 spiro atoms. The maximum Gasteiger partial charge on any atom is 0.394 e. The number of aromatic nitrogens is 5. The zero-order chi connectivity index (χ0) is 30.6. The van der Waals surface area contributed by atoms with Gasteiger partial charge in [0.1, 0.15) is 5.82 Å². The van der Waals surface area contributed by atoms with Crippen molar-refractivity contribution in [1.29, 1.82) is 0 Å². The van der Waals surface area contributed by atoms with Gasteiger partial charge in [-0.2, -0.15) is 26.7 Å². The summed E-state index contributed by atoms with van der Waals surface area (Å²) in [5, 5.41) is 8.25. The molecule has 1 unspecified atom stereocenters. The van der Waals surface area contributed by atoms with Crippen molar-refractivity contribution in [2.45, 2.75) is 82.1 Å². The molecule has 3 aromatic rings. The molecule has 6 rings (SSSR count). The molecule has 1 N–H and O–H groups in total. The molecule has 1 saturated heterocycles. The fourth-order valence-corrected chi connectivity index (χ4v) is 7.05. The van der Waals surface area contributed by atoms with E-state index < -0.39 is 27.5 Å². The highest BCUT2D eigenvalue weighted by molar-refractivity contribution is 7.90. The number of hydrogen-bond donors (Lipinski definition) is 1. The molecule has 4 bridgehead atoms. The van der Waals surface area contributed by atoms with Crippen LogP contribution in [0, 0.1) is 11.3 Å². The van der Waals surface area contributed by atoms with Crippen molar-refractivity contribution in [2.24, 2.45) is 11.3 Å². The topological polar surface area (TPSA) is 124 Å². The Morgan fingerprint density at radius 3 is 2.63 bits per heavy atom. The number of nitrogens with one attached hydrogen (secondary N) is 1. The molecule has 5 heterocycles. The van der Waals surface area contributed by atoms with Crippen LogP contribution in [0.4, 0.5) is 19.0 Å². The van der Waals surface area contributed by atoms with Crippen LogP contribution in [0.1, 0.15) is 69.2 Å². The van der Waals surface area contributed by atoms with E-state index in [1.807, 2.05) is 4.90 Å². The second-order valence-electron chi connectivity index (χ2n) is 12.4. The van der Waals surface area contributed by atoms with Crippen molar-refractivity contribution in [3.8, 4) is 11.7 Å². The number of aryl methyl sites for hydroxylation is 1. The number of anilines is 1. The van der Waals surface area contributed by atoms with Crippen LogP contribution < -0.4 is 14.4 Å². The van der Waals surface area contributed by atoms with Gasteiger partial charge < -0.3 is 9.64 Å². The summed E-state index contributed by atoms with van der Waals surface area (Å²) in [7, 11) is -4.24. The van der Waals surface area contributed by atoms with Gasteiger partial charge in [0.05, 0.1) is 17.6 Å². The molecule has 0 radical (unpaired) electrons. The fraction of sp³-hybridized carbons (Fsp3) is 0.571. The summed E-state index contributed by atoms with van der Waals surface area (Å²) < 4.78 is 76.5. The van der Waals surface area contributed by atoms with Crippen LogP contribution in [0.25, 0.3) is 5.82 Å². The average Bonchev–Trinajstić information content (AvgIpc) is 3.23. The van der Waals surface area contributed by atoms with E-state index in [1.165, 1.54) is 28.9 Å². The minimum Gasteiger partial charge on any atom is -0.477 e. The van der Waals surface area contributed by atoms with E-state index in [4.69, 9.17) is 9.72 Å². The fourth-order valence-electron chi connectivity index (χ4n) is 6.14. The molecule has 15 heteroatoms. The number of halogens is 3. The largest absolute Gasteiger partial charge is 0.477 e. The second-order valence-corrected chi connectivity index (χ2v) is 14.0. The smallest absolute Gasteiger partial charge is 0.394 e. The standard InChI is InChI=1S/C28H34F3N7O4S/c1-26(2)17-19-5-3-4-13-36-14-9-23(34-36)43(40,41)35-25(39)20-6-7-21(32-24(20)37(26)18-19)38-15-8-22(33-38)42-16-12-27(10-11-27)28(29,30)31/h6-9,14-15,19H,3-5,10-13,16-18H2,1-2H3,(H,35,39). The molecule has 1 saturated carbocycles. The van der Waals surface area contributed by atoms with Gasteiger partial charge in [0, 0.05) is 37.1 Å². The summed E-state index contributed by atoms with van der Waals surface area (Å²) in [5.74, 6) is 0.322. The number of pyridine rings is 1.